The first-order valence-corrected chi connectivity index (χ1v) is 11.9. The molecule has 0 N–H and O–H groups in total. The normalized spacial score (nSPS) is 15.2. The van der Waals surface area contributed by atoms with Crippen molar-refractivity contribution in [2.75, 3.05) is 32.6 Å². The summed E-state index contributed by atoms with van der Waals surface area (Å²) in [5.74, 6) is -0.154. The van der Waals surface area contributed by atoms with Gasteiger partial charge in [0.05, 0.1) is 23.0 Å². The van der Waals surface area contributed by atoms with Crippen LogP contribution in [0.2, 0.25) is 0 Å². The molecule has 0 bridgehead atoms. The standard InChI is InChI=1S/C21H26N4O5S/c1-14(2)13-31(28,29)15-11-23(12-15)21(27)17-10-16-19(24(17)8-9-30-3)22-18-6-4-5-7-25(18)20(16)26/h4-7,10,14-15H,8-9,11-13H2,1-3H3. The van der Waals surface area contributed by atoms with E-state index in [1.54, 1.807) is 42.1 Å². The van der Waals surface area contributed by atoms with Crippen LogP contribution in [0.5, 0.6) is 0 Å². The van der Waals surface area contributed by atoms with Crippen LogP contribution in [0.25, 0.3) is 16.7 Å². The van der Waals surface area contributed by atoms with Gasteiger partial charge in [-0.25, -0.2) is 13.4 Å². The number of rotatable bonds is 7. The molecule has 0 aromatic carbocycles. The second-order valence-corrected chi connectivity index (χ2v) is 10.6. The lowest BCUT2D eigenvalue weighted by Gasteiger charge is -2.39. The SMILES string of the molecule is COCCn1c(C(=O)N2CC(S(=O)(=O)CC(C)C)C2)cc2c(=O)n3ccccc3nc21. The van der Waals surface area contributed by atoms with Gasteiger partial charge in [-0.05, 0) is 24.1 Å². The third kappa shape index (κ3) is 3.85. The number of nitrogens with zero attached hydrogens (tertiary/aromatic N) is 4. The lowest BCUT2D eigenvalue weighted by atomic mass is 10.2. The smallest absolute Gasteiger partial charge is 0.270 e. The van der Waals surface area contributed by atoms with Gasteiger partial charge in [0.25, 0.3) is 11.5 Å². The zero-order valence-corrected chi connectivity index (χ0v) is 18.6. The third-order valence-electron chi connectivity index (χ3n) is 5.52. The topological polar surface area (TPSA) is 103 Å². The molecule has 166 valence electrons. The molecule has 1 amide bonds. The number of fused-ring (bicyclic) bond motifs is 2. The minimum Gasteiger partial charge on any atom is -0.383 e. The summed E-state index contributed by atoms with van der Waals surface area (Å²) in [6.45, 7) is 4.73. The Morgan fingerprint density at radius 3 is 2.71 bits per heavy atom. The monoisotopic (exact) mass is 446 g/mol. The maximum absolute atomic E-state index is 13.2. The first-order chi connectivity index (χ1) is 14.7. The number of amides is 1. The largest absolute Gasteiger partial charge is 0.383 e. The molecule has 1 saturated heterocycles. The molecule has 0 saturated carbocycles. The van der Waals surface area contributed by atoms with Gasteiger partial charge in [0, 0.05) is 32.9 Å². The number of sulfone groups is 1. The fourth-order valence-electron chi connectivity index (χ4n) is 3.93. The van der Waals surface area contributed by atoms with Crippen molar-refractivity contribution < 1.29 is 17.9 Å². The van der Waals surface area contributed by atoms with E-state index in [0.29, 0.717) is 35.5 Å². The van der Waals surface area contributed by atoms with Crippen molar-refractivity contribution in [2.45, 2.75) is 25.6 Å². The van der Waals surface area contributed by atoms with E-state index in [1.165, 1.54) is 9.30 Å². The van der Waals surface area contributed by atoms with Gasteiger partial charge in [0.2, 0.25) is 0 Å². The number of pyridine rings is 1. The van der Waals surface area contributed by atoms with Crippen LogP contribution in [0.15, 0.2) is 35.3 Å². The van der Waals surface area contributed by atoms with E-state index < -0.39 is 15.1 Å². The molecule has 3 aromatic rings. The zero-order chi connectivity index (χ0) is 22.3. The van der Waals surface area contributed by atoms with Crippen LogP contribution in [0.4, 0.5) is 0 Å². The minimum absolute atomic E-state index is 0.0412. The molecule has 1 aliphatic rings. The second kappa shape index (κ2) is 8.08. The number of aromatic nitrogens is 3. The van der Waals surface area contributed by atoms with Crippen molar-refractivity contribution in [1.29, 1.82) is 0 Å². The molecule has 4 rings (SSSR count). The Hall–Kier alpha value is -2.72. The Balaban J connectivity index is 1.70. The van der Waals surface area contributed by atoms with E-state index in [0.717, 1.165) is 0 Å². The molecule has 0 spiro atoms. The highest BCUT2D eigenvalue weighted by Crippen LogP contribution is 2.24. The summed E-state index contributed by atoms with van der Waals surface area (Å²) in [5.41, 5.74) is 0.958. The van der Waals surface area contributed by atoms with Crippen molar-refractivity contribution in [3.63, 3.8) is 0 Å². The molecule has 31 heavy (non-hydrogen) atoms. The molecule has 4 heterocycles. The summed E-state index contributed by atoms with van der Waals surface area (Å²) in [6.07, 6.45) is 1.64. The molecule has 0 atom stereocenters. The predicted octanol–water partition coefficient (Wildman–Crippen LogP) is 1.19. The molecule has 0 aliphatic carbocycles. The summed E-state index contributed by atoms with van der Waals surface area (Å²) in [5, 5.41) is -0.199. The summed E-state index contributed by atoms with van der Waals surface area (Å²) in [4.78, 5) is 32.3. The Labute approximate surface area is 180 Å². The van der Waals surface area contributed by atoms with Gasteiger partial charge < -0.3 is 14.2 Å². The molecule has 0 unspecified atom stereocenters. The van der Waals surface area contributed by atoms with Crippen molar-refractivity contribution in [3.8, 4) is 0 Å². The van der Waals surface area contributed by atoms with Crippen molar-refractivity contribution in [1.82, 2.24) is 18.9 Å². The summed E-state index contributed by atoms with van der Waals surface area (Å²) >= 11 is 0. The quantitative estimate of drug-likeness (QED) is 0.540. The number of hydrogen-bond donors (Lipinski definition) is 0. The van der Waals surface area contributed by atoms with Crippen molar-refractivity contribution in [2.24, 2.45) is 5.92 Å². The van der Waals surface area contributed by atoms with Gasteiger partial charge in [-0.15, -0.1) is 0 Å². The summed E-state index contributed by atoms with van der Waals surface area (Å²) in [6, 6.07) is 6.82. The van der Waals surface area contributed by atoms with Crippen molar-refractivity contribution >= 4 is 32.4 Å². The van der Waals surface area contributed by atoms with Gasteiger partial charge in [-0.1, -0.05) is 19.9 Å². The maximum Gasteiger partial charge on any atom is 0.270 e. The van der Waals surface area contributed by atoms with E-state index in [-0.39, 0.29) is 36.2 Å². The fourth-order valence-corrected chi connectivity index (χ4v) is 5.95. The second-order valence-electron chi connectivity index (χ2n) is 8.31. The first kappa shape index (κ1) is 21.5. The number of likely N-dealkylation sites (tertiary alicyclic amines) is 1. The Kier molecular flexibility index (Phi) is 5.61. The minimum atomic E-state index is -3.24. The average Bonchev–Trinajstić information content (AvgIpc) is 3.02. The van der Waals surface area contributed by atoms with Gasteiger partial charge in [-0.3, -0.25) is 14.0 Å². The van der Waals surface area contributed by atoms with Crippen LogP contribution in [0.1, 0.15) is 24.3 Å². The lowest BCUT2D eigenvalue weighted by Crippen LogP contribution is -2.57. The molecular weight excluding hydrogens is 420 g/mol. The van der Waals surface area contributed by atoms with E-state index in [9.17, 15) is 18.0 Å². The van der Waals surface area contributed by atoms with Crippen LogP contribution in [0.3, 0.4) is 0 Å². The molecule has 1 fully saturated rings. The van der Waals surface area contributed by atoms with Crippen LogP contribution < -0.4 is 5.56 Å². The van der Waals surface area contributed by atoms with E-state index in [4.69, 9.17) is 4.74 Å². The lowest BCUT2D eigenvalue weighted by molar-refractivity contribution is 0.0645. The van der Waals surface area contributed by atoms with Crippen molar-refractivity contribution in [3.05, 3.63) is 46.5 Å². The van der Waals surface area contributed by atoms with Crippen LogP contribution >= 0.6 is 0 Å². The van der Waals surface area contributed by atoms with Gasteiger partial charge in [-0.2, -0.15) is 0 Å². The predicted molar refractivity (Wildman–Crippen MR) is 117 cm³/mol. The molecule has 1 aliphatic heterocycles. The molecule has 10 heteroatoms. The molecular formula is C21H26N4O5S. The fraction of sp³-hybridized carbons (Fsp3) is 0.476. The third-order valence-corrected chi connectivity index (χ3v) is 7.97. The highest BCUT2D eigenvalue weighted by molar-refractivity contribution is 7.92. The number of hydrogen-bond acceptors (Lipinski definition) is 6. The molecule has 9 nitrogen and oxygen atoms in total. The number of carbonyl (C=O) groups excluding carboxylic acids is 1. The maximum atomic E-state index is 13.2. The first-order valence-electron chi connectivity index (χ1n) is 10.2. The Bertz CT molecular complexity index is 1300. The van der Waals surface area contributed by atoms with Crippen LogP contribution in [-0.2, 0) is 21.1 Å². The van der Waals surface area contributed by atoms with Crippen LogP contribution in [-0.4, -0.2) is 71.0 Å². The average molecular weight is 447 g/mol. The summed E-state index contributed by atoms with van der Waals surface area (Å²) in [7, 11) is -1.68. The Morgan fingerprint density at radius 2 is 2.03 bits per heavy atom. The van der Waals surface area contributed by atoms with E-state index in [2.05, 4.69) is 4.98 Å². The summed E-state index contributed by atoms with van der Waals surface area (Å²) < 4.78 is 33.2. The molecule has 0 radical (unpaired) electrons. The van der Waals surface area contributed by atoms with E-state index >= 15 is 0 Å². The van der Waals surface area contributed by atoms with Gasteiger partial charge in [0.15, 0.2) is 9.84 Å². The highest BCUT2D eigenvalue weighted by Gasteiger charge is 2.41. The van der Waals surface area contributed by atoms with Crippen LogP contribution in [0, 0.1) is 5.92 Å². The van der Waals surface area contributed by atoms with E-state index in [1.807, 2.05) is 13.8 Å². The van der Waals surface area contributed by atoms with Gasteiger partial charge in [0.1, 0.15) is 17.0 Å². The highest BCUT2D eigenvalue weighted by atomic mass is 32.2. The van der Waals surface area contributed by atoms with Gasteiger partial charge >= 0.3 is 0 Å². The molecule has 3 aromatic heterocycles. The Morgan fingerprint density at radius 1 is 1.29 bits per heavy atom. The number of carbonyl (C=O) groups is 1. The number of ether oxygens (including phenoxy) is 1. The zero-order valence-electron chi connectivity index (χ0n) is 17.8. The number of methoxy groups -OCH3 is 1.